The molecule has 1 aliphatic rings. The van der Waals surface area contributed by atoms with Gasteiger partial charge in [0.2, 0.25) is 0 Å². The smallest absolute Gasteiger partial charge is 0.110 e. The molecule has 0 aliphatic carbocycles. The van der Waals surface area contributed by atoms with Crippen LogP contribution in [0.1, 0.15) is 36.5 Å². The van der Waals surface area contributed by atoms with Crippen molar-refractivity contribution in [1.29, 1.82) is 0 Å². The van der Waals surface area contributed by atoms with Crippen molar-refractivity contribution >= 4 is 11.3 Å². The number of likely N-dealkylation sites (tertiary alicyclic amines) is 1. The van der Waals surface area contributed by atoms with Gasteiger partial charge in [-0.2, -0.15) is 0 Å². The molecule has 1 fully saturated rings. The van der Waals surface area contributed by atoms with Crippen LogP contribution in [-0.2, 0) is 6.54 Å². The summed E-state index contributed by atoms with van der Waals surface area (Å²) in [4.78, 5) is 7.06. The van der Waals surface area contributed by atoms with Gasteiger partial charge < -0.3 is 5.73 Å². The third kappa shape index (κ3) is 1.82. The second kappa shape index (κ2) is 4.38. The molecule has 0 bridgehead atoms. The van der Waals surface area contributed by atoms with E-state index in [9.17, 15) is 0 Å². The standard InChI is InChI=1S/C10H17N3S/c1-2-13-5-3-4-9(13)10-12-8(6-11)7-14-10/h7,9H,2-6,11H2,1H3. The molecule has 1 saturated heterocycles. The van der Waals surface area contributed by atoms with Crippen LogP contribution in [0, 0.1) is 0 Å². The minimum absolute atomic E-state index is 0.560. The Morgan fingerprint density at radius 3 is 3.21 bits per heavy atom. The van der Waals surface area contributed by atoms with E-state index >= 15 is 0 Å². The van der Waals surface area contributed by atoms with E-state index in [-0.39, 0.29) is 0 Å². The molecule has 14 heavy (non-hydrogen) atoms. The Hall–Kier alpha value is -0.450. The van der Waals surface area contributed by atoms with Crippen molar-refractivity contribution in [3.05, 3.63) is 16.1 Å². The molecule has 1 atom stereocenters. The first-order valence-electron chi connectivity index (χ1n) is 5.23. The Morgan fingerprint density at radius 2 is 2.57 bits per heavy atom. The number of thiazole rings is 1. The summed E-state index contributed by atoms with van der Waals surface area (Å²) in [5, 5.41) is 3.34. The summed E-state index contributed by atoms with van der Waals surface area (Å²) < 4.78 is 0. The summed E-state index contributed by atoms with van der Waals surface area (Å²) in [6.07, 6.45) is 2.56. The van der Waals surface area contributed by atoms with Gasteiger partial charge in [-0.05, 0) is 25.9 Å². The van der Waals surface area contributed by atoms with Crippen LogP contribution in [0.25, 0.3) is 0 Å². The normalized spacial score (nSPS) is 23.1. The fourth-order valence-electron chi connectivity index (χ4n) is 2.05. The maximum Gasteiger partial charge on any atom is 0.110 e. The molecule has 0 radical (unpaired) electrons. The van der Waals surface area contributed by atoms with Crippen molar-refractivity contribution in [3.63, 3.8) is 0 Å². The molecule has 2 heterocycles. The third-order valence-corrected chi connectivity index (χ3v) is 3.83. The zero-order chi connectivity index (χ0) is 9.97. The molecule has 78 valence electrons. The molecule has 0 amide bonds. The average Bonchev–Trinajstić information content (AvgIpc) is 2.85. The van der Waals surface area contributed by atoms with E-state index in [1.807, 2.05) is 0 Å². The van der Waals surface area contributed by atoms with Gasteiger partial charge in [-0.15, -0.1) is 11.3 Å². The fourth-order valence-corrected chi connectivity index (χ4v) is 3.05. The SMILES string of the molecule is CCN1CCCC1c1nc(CN)cs1. The van der Waals surface area contributed by atoms with Crippen molar-refractivity contribution in [2.24, 2.45) is 5.73 Å². The van der Waals surface area contributed by atoms with Crippen molar-refractivity contribution < 1.29 is 0 Å². The van der Waals surface area contributed by atoms with E-state index in [4.69, 9.17) is 5.73 Å². The molecule has 0 spiro atoms. The molecule has 1 aromatic heterocycles. The van der Waals surface area contributed by atoms with Crippen molar-refractivity contribution in [3.8, 4) is 0 Å². The summed E-state index contributed by atoms with van der Waals surface area (Å²) in [5.41, 5.74) is 6.59. The zero-order valence-electron chi connectivity index (χ0n) is 8.57. The van der Waals surface area contributed by atoms with Crippen LogP contribution in [0.2, 0.25) is 0 Å². The Kier molecular flexibility index (Phi) is 3.15. The Bertz CT molecular complexity index is 297. The number of hydrogen-bond donors (Lipinski definition) is 1. The number of nitrogens with zero attached hydrogens (tertiary/aromatic N) is 2. The first kappa shape index (κ1) is 10.1. The largest absolute Gasteiger partial charge is 0.325 e. The molecule has 0 saturated carbocycles. The van der Waals surface area contributed by atoms with Crippen LogP contribution in [0.4, 0.5) is 0 Å². The van der Waals surface area contributed by atoms with Gasteiger partial charge in [0, 0.05) is 11.9 Å². The molecule has 1 unspecified atom stereocenters. The lowest BCUT2D eigenvalue weighted by molar-refractivity contribution is 0.271. The van der Waals surface area contributed by atoms with Crippen LogP contribution < -0.4 is 5.73 Å². The highest BCUT2D eigenvalue weighted by atomic mass is 32.1. The highest BCUT2D eigenvalue weighted by Crippen LogP contribution is 2.33. The van der Waals surface area contributed by atoms with E-state index in [0.29, 0.717) is 12.6 Å². The lowest BCUT2D eigenvalue weighted by Gasteiger charge is -2.20. The van der Waals surface area contributed by atoms with Crippen LogP contribution >= 0.6 is 11.3 Å². The van der Waals surface area contributed by atoms with Gasteiger partial charge in [-0.3, -0.25) is 4.90 Å². The molecule has 4 heteroatoms. The Labute approximate surface area is 88.9 Å². The van der Waals surface area contributed by atoms with Gasteiger partial charge in [0.05, 0.1) is 11.7 Å². The van der Waals surface area contributed by atoms with E-state index in [1.165, 1.54) is 24.4 Å². The monoisotopic (exact) mass is 211 g/mol. The summed E-state index contributed by atoms with van der Waals surface area (Å²) in [5.74, 6) is 0. The van der Waals surface area contributed by atoms with Crippen molar-refractivity contribution in [2.45, 2.75) is 32.4 Å². The first-order valence-corrected chi connectivity index (χ1v) is 6.11. The molecule has 0 aromatic carbocycles. The predicted octanol–water partition coefficient (Wildman–Crippen LogP) is 1.76. The summed E-state index contributed by atoms with van der Waals surface area (Å²) >= 11 is 1.76. The highest BCUT2D eigenvalue weighted by Gasteiger charge is 2.26. The van der Waals surface area contributed by atoms with E-state index in [2.05, 4.69) is 22.2 Å². The second-order valence-corrected chi connectivity index (χ2v) is 4.56. The van der Waals surface area contributed by atoms with E-state index in [0.717, 1.165) is 12.2 Å². The maximum absolute atomic E-state index is 5.56. The average molecular weight is 211 g/mol. The number of nitrogens with two attached hydrogens (primary N) is 1. The Morgan fingerprint density at radius 1 is 1.71 bits per heavy atom. The number of hydrogen-bond acceptors (Lipinski definition) is 4. The first-order chi connectivity index (χ1) is 6.85. The topological polar surface area (TPSA) is 42.2 Å². The molecular weight excluding hydrogens is 194 g/mol. The van der Waals surface area contributed by atoms with E-state index < -0.39 is 0 Å². The van der Waals surface area contributed by atoms with Gasteiger partial charge in [0.25, 0.3) is 0 Å². The Balaban J connectivity index is 2.13. The van der Waals surface area contributed by atoms with Gasteiger partial charge >= 0.3 is 0 Å². The molecular formula is C10H17N3S. The van der Waals surface area contributed by atoms with E-state index in [1.54, 1.807) is 11.3 Å². The minimum atomic E-state index is 0.560. The predicted molar refractivity (Wildman–Crippen MR) is 59.2 cm³/mol. The summed E-state index contributed by atoms with van der Waals surface area (Å²) in [7, 11) is 0. The van der Waals surface area contributed by atoms with Gasteiger partial charge in [0.1, 0.15) is 5.01 Å². The van der Waals surface area contributed by atoms with Crippen molar-refractivity contribution in [2.75, 3.05) is 13.1 Å². The van der Waals surface area contributed by atoms with Gasteiger partial charge in [-0.25, -0.2) is 4.98 Å². The van der Waals surface area contributed by atoms with Gasteiger partial charge in [0.15, 0.2) is 0 Å². The van der Waals surface area contributed by atoms with Crippen LogP contribution in [0.3, 0.4) is 0 Å². The molecule has 1 aromatic rings. The number of aromatic nitrogens is 1. The second-order valence-electron chi connectivity index (χ2n) is 3.67. The molecule has 2 N–H and O–H groups in total. The van der Waals surface area contributed by atoms with Crippen LogP contribution in [-0.4, -0.2) is 23.0 Å². The minimum Gasteiger partial charge on any atom is -0.325 e. The quantitative estimate of drug-likeness (QED) is 0.828. The highest BCUT2D eigenvalue weighted by molar-refractivity contribution is 7.09. The maximum atomic E-state index is 5.56. The number of rotatable bonds is 3. The van der Waals surface area contributed by atoms with Crippen molar-refractivity contribution in [1.82, 2.24) is 9.88 Å². The van der Waals surface area contributed by atoms with Gasteiger partial charge in [-0.1, -0.05) is 6.92 Å². The molecule has 3 nitrogen and oxygen atoms in total. The summed E-state index contributed by atoms with van der Waals surface area (Å²) in [6, 6.07) is 0.560. The summed E-state index contributed by atoms with van der Waals surface area (Å²) in [6.45, 7) is 5.13. The fraction of sp³-hybridized carbons (Fsp3) is 0.700. The lowest BCUT2D eigenvalue weighted by atomic mass is 10.2. The third-order valence-electron chi connectivity index (χ3n) is 2.83. The van der Waals surface area contributed by atoms with Crippen LogP contribution in [0.15, 0.2) is 5.38 Å². The molecule has 1 aliphatic heterocycles. The zero-order valence-corrected chi connectivity index (χ0v) is 9.39. The molecule has 2 rings (SSSR count). The lowest BCUT2D eigenvalue weighted by Crippen LogP contribution is -2.22. The van der Waals surface area contributed by atoms with Crippen LogP contribution in [0.5, 0.6) is 0 Å².